The first kappa shape index (κ1) is 11.2. The van der Waals surface area contributed by atoms with Crippen LogP contribution in [0.4, 0.5) is 0 Å². The predicted molar refractivity (Wildman–Crippen MR) is 67.1 cm³/mol. The Morgan fingerprint density at radius 1 is 1.44 bits per heavy atom. The number of rotatable bonds is 3. The first-order valence-corrected chi connectivity index (χ1v) is 6.13. The summed E-state index contributed by atoms with van der Waals surface area (Å²) in [5.41, 5.74) is 2.32. The summed E-state index contributed by atoms with van der Waals surface area (Å²) in [6.07, 6.45) is 2.78. The SMILES string of the molecule is Cn1nncc1CNC1CCOc2ccccc21. The molecule has 0 amide bonds. The Morgan fingerprint density at radius 2 is 2.33 bits per heavy atom. The highest BCUT2D eigenvalue weighted by atomic mass is 16.5. The van der Waals surface area contributed by atoms with Gasteiger partial charge >= 0.3 is 0 Å². The van der Waals surface area contributed by atoms with E-state index in [4.69, 9.17) is 4.74 Å². The van der Waals surface area contributed by atoms with Crippen molar-refractivity contribution in [3.05, 3.63) is 41.7 Å². The van der Waals surface area contributed by atoms with E-state index in [1.54, 1.807) is 10.9 Å². The Kier molecular flexibility index (Phi) is 2.98. The molecule has 1 aliphatic rings. The molecule has 5 nitrogen and oxygen atoms in total. The highest BCUT2D eigenvalue weighted by molar-refractivity contribution is 5.37. The summed E-state index contributed by atoms with van der Waals surface area (Å²) in [5, 5.41) is 11.3. The van der Waals surface area contributed by atoms with Gasteiger partial charge in [-0.05, 0) is 6.07 Å². The average molecular weight is 244 g/mol. The highest BCUT2D eigenvalue weighted by Gasteiger charge is 2.20. The van der Waals surface area contributed by atoms with E-state index in [2.05, 4.69) is 21.7 Å². The molecular weight excluding hydrogens is 228 g/mol. The highest BCUT2D eigenvalue weighted by Crippen LogP contribution is 2.31. The summed E-state index contributed by atoms with van der Waals surface area (Å²) in [4.78, 5) is 0. The van der Waals surface area contributed by atoms with Crippen molar-refractivity contribution in [2.45, 2.75) is 19.0 Å². The third-order valence-electron chi connectivity index (χ3n) is 3.30. The third kappa shape index (κ3) is 2.09. The molecule has 5 heteroatoms. The molecule has 18 heavy (non-hydrogen) atoms. The molecule has 1 aliphatic heterocycles. The van der Waals surface area contributed by atoms with Crippen LogP contribution in [0, 0.1) is 0 Å². The molecule has 0 radical (unpaired) electrons. The zero-order valence-electron chi connectivity index (χ0n) is 10.3. The van der Waals surface area contributed by atoms with Crippen LogP contribution in [0.2, 0.25) is 0 Å². The van der Waals surface area contributed by atoms with Gasteiger partial charge in [-0.1, -0.05) is 23.4 Å². The monoisotopic (exact) mass is 244 g/mol. The van der Waals surface area contributed by atoms with Crippen LogP contribution in [0.1, 0.15) is 23.7 Å². The Labute approximate surface area is 106 Å². The quantitative estimate of drug-likeness (QED) is 0.887. The molecule has 1 aromatic carbocycles. The summed E-state index contributed by atoms with van der Waals surface area (Å²) in [6, 6.07) is 8.53. The van der Waals surface area contributed by atoms with Gasteiger partial charge in [0.1, 0.15) is 5.75 Å². The summed E-state index contributed by atoms with van der Waals surface area (Å²) in [5.74, 6) is 0.990. The fourth-order valence-electron chi connectivity index (χ4n) is 2.25. The van der Waals surface area contributed by atoms with Gasteiger partial charge < -0.3 is 10.1 Å². The molecule has 3 rings (SSSR count). The maximum Gasteiger partial charge on any atom is 0.124 e. The number of fused-ring (bicyclic) bond motifs is 1. The smallest absolute Gasteiger partial charge is 0.124 e. The van der Waals surface area contributed by atoms with Crippen LogP contribution in [0.3, 0.4) is 0 Å². The number of para-hydroxylation sites is 1. The number of hydrogen-bond donors (Lipinski definition) is 1. The van der Waals surface area contributed by atoms with Gasteiger partial charge in [0.25, 0.3) is 0 Å². The van der Waals surface area contributed by atoms with Crippen LogP contribution in [0.25, 0.3) is 0 Å². The van der Waals surface area contributed by atoms with Crippen molar-refractivity contribution in [1.29, 1.82) is 0 Å². The second-order valence-electron chi connectivity index (χ2n) is 4.46. The molecule has 1 atom stereocenters. The van der Waals surface area contributed by atoms with Gasteiger partial charge in [0, 0.05) is 31.6 Å². The minimum atomic E-state index is 0.338. The van der Waals surface area contributed by atoms with Crippen LogP contribution in [0.15, 0.2) is 30.5 Å². The number of hydrogen-bond acceptors (Lipinski definition) is 4. The molecule has 1 aromatic heterocycles. The maximum absolute atomic E-state index is 5.64. The van der Waals surface area contributed by atoms with E-state index < -0.39 is 0 Å². The van der Waals surface area contributed by atoms with Crippen LogP contribution in [-0.4, -0.2) is 21.6 Å². The Hall–Kier alpha value is -1.88. The third-order valence-corrected chi connectivity index (χ3v) is 3.30. The normalized spacial score (nSPS) is 18.2. The van der Waals surface area contributed by atoms with Crippen LogP contribution in [0.5, 0.6) is 5.75 Å². The lowest BCUT2D eigenvalue weighted by Crippen LogP contribution is -2.27. The lowest BCUT2D eigenvalue weighted by molar-refractivity contribution is 0.251. The molecule has 2 heterocycles. The first-order valence-electron chi connectivity index (χ1n) is 6.13. The predicted octanol–water partition coefficient (Wildman–Crippen LogP) is 1.43. The van der Waals surface area contributed by atoms with Gasteiger partial charge in [-0.3, -0.25) is 4.68 Å². The van der Waals surface area contributed by atoms with E-state index >= 15 is 0 Å². The fraction of sp³-hybridized carbons (Fsp3) is 0.385. The first-order chi connectivity index (χ1) is 8.84. The van der Waals surface area contributed by atoms with E-state index in [0.29, 0.717) is 6.04 Å². The van der Waals surface area contributed by atoms with Crippen molar-refractivity contribution >= 4 is 0 Å². The van der Waals surface area contributed by atoms with E-state index in [9.17, 15) is 0 Å². The molecule has 0 spiro atoms. The topological polar surface area (TPSA) is 52.0 Å². The largest absolute Gasteiger partial charge is 0.493 e. The summed E-state index contributed by atoms with van der Waals surface area (Å²) < 4.78 is 7.43. The molecule has 1 N–H and O–H groups in total. The average Bonchev–Trinajstić information content (AvgIpc) is 2.82. The zero-order valence-corrected chi connectivity index (χ0v) is 10.3. The van der Waals surface area contributed by atoms with E-state index in [0.717, 1.165) is 31.0 Å². The van der Waals surface area contributed by atoms with Crippen molar-refractivity contribution in [1.82, 2.24) is 20.3 Å². The van der Waals surface area contributed by atoms with Gasteiger partial charge in [-0.15, -0.1) is 5.10 Å². The van der Waals surface area contributed by atoms with Crippen LogP contribution >= 0.6 is 0 Å². The van der Waals surface area contributed by atoms with Crippen molar-refractivity contribution in [3.8, 4) is 5.75 Å². The molecule has 1 unspecified atom stereocenters. The molecule has 2 aromatic rings. The summed E-state index contributed by atoms with van der Waals surface area (Å²) >= 11 is 0. The van der Waals surface area contributed by atoms with Gasteiger partial charge in [-0.25, -0.2) is 0 Å². The minimum Gasteiger partial charge on any atom is -0.493 e. The van der Waals surface area contributed by atoms with E-state index in [1.165, 1.54) is 5.56 Å². The second-order valence-corrected chi connectivity index (χ2v) is 4.46. The summed E-state index contributed by atoms with van der Waals surface area (Å²) in [7, 11) is 1.90. The minimum absolute atomic E-state index is 0.338. The Morgan fingerprint density at radius 3 is 3.17 bits per heavy atom. The van der Waals surface area contributed by atoms with Crippen molar-refractivity contribution in [3.63, 3.8) is 0 Å². The molecule has 0 saturated carbocycles. The molecular formula is C13H16N4O. The molecule has 0 bridgehead atoms. The van der Waals surface area contributed by atoms with Gasteiger partial charge in [0.05, 0.1) is 18.5 Å². The second kappa shape index (κ2) is 4.78. The Bertz CT molecular complexity index is 537. The van der Waals surface area contributed by atoms with Gasteiger partial charge in [0.2, 0.25) is 0 Å². The number of nitrogens with zero attached hydrogens (tertiary/aromatic N) is 3. The standard InChI is InChI=1S/C13H16N4O/c1-17-10(9-15-16-17)8-14-12-6-7-18-13-5-3-2-4-11(12)13/h2-5,9,12,14H,6-8H2,1H3. The number of benzene rings is 1. The van der Waals surface area contributed by atoms with E-state index in [1.807, 2.05) is 25.2 Å². The summed E-state index contributed by atoms with van der Waals surface area (Å²) in [6.45, 7) is 1.53. The Balaban J connectivity index is 1.73. The molecule has 0 aliphatic carbocycles. The number of aromatic nitrogens is 3. The molecule has 0 fully saturated rings. The van der Waals surface area contributed by atoms with Crippen LogP contribution in [-0.2, 0) is 13.6 Å². The van der Waals surface area contributed by atoms with Crippen LogP contribution < -0.4 is 10.1 Å². The lowest BCUT2D eigenvalue weighted by atomic mass is 10.0. The van der Waals surface area contributed by atoms with Crippen molar-refractivity contribution in [2.75, 3.05) is 6.61 Å². The fourth-order valence-corrected chi connectivity index (χ4v) is 2.25. The van der Waals surface area contributed by atoms with Crippen molar-refractivity contribution < 1.29 is 4.74 Å². The number of nitrogens with one attached hydrogen (secondary N) is 1. The number of ether oxygens (including phenoxy) is 1. The molecule has 0 saturated heterocycles. The van der Waals surface area contributed by atoms with Gasteiger partial charge in [-0.2, -0.15) is 0 Å². The number of aryl methyl sites for hydroxylation is 1. The van der Waals surface area contributed by atoms with Crippen molar-refractivity contribution in [2.24, 2.45) is 7.05 Å². The van der Waals surface area contributed by atoms with E-state index in [-0.39, 0.29) is 0 Å². The van der Waals surface area contributed by atoms with Gasteiger partial charge in [0.15, 0.2) is 0 Å². The zero-order chi connectivity index (χ0) is 12.4. The lowest BCUT2D eigenvalue weighted by Gasteiger charge is -2.26. The maximum atomic E-state index is 5.64. The molecule has 94 valence electrons.